The van der Waals surface area contributed by atoms with Gasteiger partial charge in [0.15, 0.2) is 0 Å². The lowest BCUT2D eigenvalue weighted by molar-refractivity contribution is 0.0473. The molecule has 3 aromatic rings. The molecule has 1 unspecified atom stereocenters. The predicted molar refractivity (Wildman–Crippen MR) is 159 cm³/mol. The zero-order valence-corrected chi connectivity index (χ0v) is 22.8. The van der Waals surface area contributed by atoms with Gasteiger partial charge >= 0.3 is 0 Å². The fraction of sp³-hybridized carbons (Fsp3) is 0.281. The molecular weight excluding hydrogens is 504 g/mol. The maximum absolute atomic E-state index is 13.1. The van der Waals surface area contributed by atoms with Crippen LogP contribution in [-0.2, 0) is 9.47 Å². The first-order chi connectivity index (χ1) is 19.5. The van der Waals surface area contributed by atoms with Crippen LogP contribution in [0.25, 0.3) is 0 Å². The van der Waals surface area contributed by atoms with E-state index in [0.717, 1.165) is 29.7 Å². The number of rotatable bonds is 13. The maximum atomic E-state index is 13.1. The molecule has 0 spiro atoms. The van der Waals surface area contributed by atoms with Gasteiger partial charge in [0, 0.05) is 47.6 Å². The van der Waals surface area contributed by atoms with Gasteiger partial charge in [-0.15, -0.1) is 0 Å². The van der Waals surface area contributed by atoms with Crippen LogP contribution in [0.5, 0.6) is 0 Å². The summed E-state index contributed by atoms with van der Waals surface area (Å²) in [5.74, 6) is -0.159. The van der Waals surface area contributed by atoms with Crippen molar-refractivity contribution in [2.75, 3.05) is 43.6 Å². The van der Waals surface area contributed by atoms with E-state index < -0.39 is 0 Å². The van der Waals surface area contributed by atoms with E-state index in [1.54, 1.807) is 24.3 Å². The molecule has 8 nitrogen and oxygen atoms in total. The third kappa shape index (κ3) is 8.44. The van der Waals surface area contributed by atoms with Crippen LogP contribution in [0.3, 0.4) is 0 Å². The quantitative estimate of drug-likeness (QED) is 0.258. The highest BCUT2D eigenvalue weighted by molar-refractivity contribution is 6.08. The number of hydrogen-bond donors (Lipinski definition) is 3. The number of aryl methyl sites for hydroxylation is 1. The molecule has 1 aliphatic heterocycles. The van der Waals surface area contributed by atoms with Gasteiger partial charge in [0.1, 0.15) is 0 Å². The molecule has 1 heterocycles. The van der Waals surface area contributed by atoms with E-state index in [2.05, 4.69) is 21.7 Å². The Kier molecular flexibility index (Phi) is 10.7. The number of nitrogens with two attached hydrogens (primary N) is 1. The van der Waals surface area contributed by atoms with Crippen LogP contribution in [0.1, 0.15) is 44.7 Å². The molecule has 208 valence electrons. The molecule has 0 saturated carbocycles. The van der Waals surface area contributed by atoms with Crippen molar-refractivity contribution in [2.24, 2.45) is 16.6 Å². The summed E-state index contributed by atoms with van der Waals surface area (Å²) in [6.45, 7) is 4.71. The van der Waals surface area contributed by atoms with E-state index in [9.17, 15) is 9.59 Å². The molecule has 1 aliphatic rings. The highest BCUT2D eigenvalue weighted by atomic mass is 16.5. The first-order valence-electron chi connectivity index (χ1n) is 13.5. The van der Waals surface area contributed by atoms with Gasteiger partial charge in [0.25, 0.3) is 11.8 Å². The third-order valence-electron chi connectivity index (χ3n) is 6.55. The fourth-order valence-electron chi connectivity index (χ4n) is 4.32. The van der Waals surface area contributed by atoms with Crippen LogP contribution in [0.4, 0.5) is 11.4 Å². The van der Waals surface area contributed by atoms with Gasteiger partial charge in [-0.25, -0.2) is 0 Å². The number of ether oxygens (including phenoxy) is 2. The summed E-state index contributed by atoms with van der Waals surface area (Å²) < 4.78 is 11.0. The molecule has 1 atom stereocenters. The van der Waals surface area contributed by atoms with Crippen LogP contribution in [0.2, 0.25) is 0 Å². The van der Waals surface area contributed by atoms with E-state index in [4.69, 9.17) is 15.2 Å². The van der Waals surface area contributed by atoms with E-state index in [0.29, 0.717) is 61.4 Å². The largest absolute Gasteiger partial charge is 0.379 e. The summed E-state index contributed by atoms with van der Waals surface area (Å²) in [4.78, 5) is 30.3. The Morgan fingerprint density at radius 3 is 2.45 bits per heavy atom. The summed E-state index contributed by atoms with van der Waals surface area (Å²) in [6.07, 6.45) is 5.63. The van der Waals surface area contributed by atoms with Crippen LogP contribution in [-0.4, -0.2) is 50.5 Å². The van der Waals surface area contributed by atoms with Crippen molar-refractivity contribution >= 4 is 28.9 Å². The van der Waals surface area contributed by atoms with E-state index in [-0.39, 0.29) is 11.8 Å². The Morgan fingerprint density at radius 2 is 1.65 bits per heavy atom. The average molecular weight is 541 g/mol. The molecule has 0 bridgehead atoms. The minimum atomic E-state index is -0.261. The fourth-order valence-corrected chi connectivity index (χ4v) is 4.32. The third-order valence-corrected chi connectivity index (χ3v) is 6.55. The van der Waals surface area contributed by atoms with Crippen molar-refractivity contribution in [2.45, 2.75) is 19.8 Å². The SMILES string of the molecule is Cc1ccc(C(=O)Nc2cccc(C3=NC=CC(CCOCCOCCN)C3)c2)cc1NC(=O)c1ccccc1. The van der Waals surface area contributed by atoms with Crippen molar-refractivity contribution in [3.63, 3.8) is 0 Å². The molecule has 0 saturated heterocycles. The highest BCUT2D eigenvalue weighted by Crippen LogP contribution is 2.23. The number of allylic oxidation sites excluding steroid dienone is 1. The molecule has 0 aromatic heterocycles. The molecule has 2 amide bonds. The summed E-state index contributed by atoms with van der Waals surface area (Å²) in [6, 6.07) is 21.9. The Labute approximate surface area is 235 Å². The minimum Gasteiger partial charge on any atom is -0.379 e. The number of aliphatic imine (C=N–C) groups is 1. The Bertz CT molecular complexity index is 1350. The lowest BCUT2D eigenvalue weighted by Crippen LogP contribution is -2.16. The minimum absolute atomic E-state index is 0.224. The molecule has 4 N–H and O–H groups in total. The Balaban J connectivity index is 1.34. The number of anilines is 2. The molecule has 3 aromatic carbocycles. The van der Waals surface area contributed by atoms with Gasteiger partial charge < -0.3 is 25.8 Å². The van der Waals surface area contributed by atoms with Gasteiger partial charge in [-0.05, 0) is 73.2 Å². The van der Waals surface area contributed by atoms with Crippen molar-refractivity contribution in [3.05, 3.63) is 107 Å². The smallest absolute Gasteiger partial charge is 0.255 e. The first-order valence-corrected chi connectivity index (χ1v) is 13.5. The Morgan fingerprint density at radius 1 is 0.875 bits per heavy atom. The van der Waals surface area contributed by atoms with Crippen LogP contribution in [0, 0.1) is 12.8 Å². The number of carbonyl (C=O) groups is 2. The molecule has 0 fully saturated rings. The normalized spacial score (nSPS) is 14.4. The average Bonchev–Trinajstić information content (AvgIpc) is 2.98. The molecular formula is C32H36N4O4. The monoisotopic (exact) mass is 540 g/mol. The number of nitrogens with zero attached hydrogens (tertiary/aromatic N) is 1. The second-order valence-corrected chi connectivity index (χ2v) is 9.57. The summed E-state index contributed by atoms with van der Waals surface area (Å²) in [5, 5.41) is 5.89. The lowest BCUT2D eigenvalue weighted by atomic mass is 9.93. The number of carbonyl (C=O) groups excluding carboxylic acids is 2. The van der Waals surface area contributed by atoms with Crippen LogP contribution in [0.15, 0.2) is 90.1 Å². The second-order valence-electron chi connectivity index (χ2n) is 9.57. The highest BCUT2D eigenvalue weighted by Gasteiger charge is 2.16. The van der Waals surface area contributed by atoms with Gasteiger partial charge in [-0.2, -0.15) is 0 Å². The summed E-state index contributed by atoms with van der Waals surface area (Å²) in [5.41, 5.74) is 10.5. The zero-order chi connectivity index (χ0) is 28.2. The first kappa shape index (κ1) is 28.9. The zero-order valence-electron chi connectivity index (χ0n) is 22.8. The Hall–Kier alpha value is -4.11. The van der Waals surface area contributed by atoms with Crippen LogP contribution < -0.4 is 16.4 Å². The van der Waals surface area contributed by atoms with Gasteiger partial charge in [0.05, 0.1) is 19.8 Å². The maximum Gasteiger partial charge on any atom is 0.255 e. The van der Waals surface area contributed by atoms with Crippen molar-refractivity contribution in [1.29, 1.82) is 0 Å². The summed E-state index contributed by atoms with van der Waals surface area (Å²) in [7, 11) is 0. The van der Waals surface area contributed by atoms with Gasteiger partial charge in [-0.3, -0.25) is 14.6 Å². The van der Waals surface area contributed by atoms with Crippen molar-refractivity contribution in [1.82, 2.24) is 0 Å². The number of nitrogens with one attached hydrogen (secondary N) is 2. The van der Waals surface area contributed by atoms with E-state index in [1.165, 1.54) is 0 Å². The number of hydrogen-bond acceptors (Lipinski definition) is 6. The number of amides is 2. The summed E-state index contributed by atoms with van der Waals surface area (Å²) >= 11 is 0. The van der Waals surface area contributed by atoms with E-state index in [1.807, 2.05) is 61.7 Å². The molecule has 0 radical (unpaired) electrons. The standard InChI is InChI=1S/C32H36N4O4/c1-23-10-11-27(22-29(23)36-31(37)25-6-3-2-4-7-25)32(38)35-28-9-5-8-26(21-28)30-20-24(12-15-34-30)13-16-39-18-19-40-17-14-33/h2-12,15,21-22,24H,13-14,16-20,33H2,1H3,(H,35,38)(H,36,37). The molecule has 0 aliphatic carbocycles. The topological polar surface area (TPSA) is 115 Å². The van der Waals surface area contributed by atoms with Crippen LogP contribution >= 0.6 is 0 Å². The van der Waals surface area contributed by atoms with Crippen molar-refractivity contribution < 1.29 is 19.1 Å². The lowest BCUT2D eigenvalue weighted by Gasteiger charge is -2.18. The van der Waals surface area contributed by atoms with E-state index >= 15 is 0 Å². The molecule has 4 rings (SSSR count). The van der Waals surface area contributed by atoms with Crippen molar-refractivity contribution in [3.8, 4) is 0 Å². The second kappa shape index (κ2) is 14.9. The molecule has 8 heteroatoms. The van der Waals surface area contributed by atoms with Gasteiger partial charge in [-0.1, -0.05) is 42.5 Å². The molecule has 40 heavy (non-hydrogen) atoms. The number of benzene rings is 3. The predicted octanol–water partition coefficient (Wildman–Crippen LogP) is 5.20. The van der Waals surface area contributed by atoms with Gasteiger partial charge in [0.2, 0.25) is 0 Å².